The molecule has 0 aromatic heterocycles. The highest BCUT2D eigenvalue weighted by molar-refractivity contribution is 5.49. The molecule has 1 unspecified atom stereocenters. The third-order valence-electron chi connectivity index (χ3n) is 3.39. The first kappa shape index (κ1) is 12.4. The lowest BCUT2D eigenvalue weighted by molar-refractivity contribution is 0.442. The van der Waals surface area contributed by atoms with Gasteiger partial charge in [0.05, 0.1) is 5.69 Å². The van der Waals surface area contributed by atoms with Crippen LogP contribution in [-0.2, 0) is 6.54 Å². The van der Waals surface area contributed by atoms with Crippen LogP contribution in [0.2, 0.25) is 0 Å². The number of nitrogens with zero attached hydrogens (tertiary/aromatic N) is 1. The largest absolute Gasteiger partial charge is 0.369 e. The van der Waals surface area contributed by atoms with Gasteiger partial charge in [0.15, 0.2) is 0 Å². The Kier molecular flexibility index (Phi) is 4.00. The summed E-state index contributed by atoms with van der Waals surface area (Å²) in [4.78, 5) is 2.17. The molecule has 1 aliphatic rings. The zero-order valence-corrected chi connectivity index (χ0v) is 10.7. The van der Waals surface area contributed by atoms with Crippen molar-refractivity contribution in [2.75, 3.05) is 25.0 Å². The third kappa shape index (κ3) is 2.97. The first-order valence-electron chi connectivity index (χ1n) is 6.38. The second kappa shape index (κ2) is 5.50. The molecule has 94 valence electrons. The fourth-order valence-electron chi connectivity index (χ4n) is 2.53. The Labute approximate surface area is 103 Å². The molecule has 3 heteroatoms. The summed E-state index contributed by atoms with van der Waals surface area (Å²) in [5, 5.41) is 3.04. The van der Waals surface area contributed by atoms with E-state index in [1.807, 2.05) is 19.2 Å². The molecule has 1 N–H and O–H groups in total. The molecule has 0 aliphatic carbocycles. The van der Waals surface area contributed by atoms with Crippen LogP contribution in [0.15, 0.2) is 18.2 Å². The maximum absolute atomic E-state index is 14.0. The van der Waals surface area contributed by atoms with Crippen LogP contribution in [0, 0.1) is 11.7 Å². The standard InChI is InChI=1S/C14H21FN2/c1-11-4-3-7-17(10-11)14-6-5-12(9-16-2)8-13(14)15/h5-6,8,11,16H,3-4,7,9-10H2,1-2H3. The van der Waals surface area contributed by atoms with Crippen molar-refractivity contribution in [3.63, 3.8) is 0 Å². The number of nitrogens with one attached hydrogen (secondary N) is 1. The summed E-state index contributed by atoms with van der Waals surface area (Å²) in [6.45, 7) is 4.90. The highest BCUT2D eigenvalue weighted by atomic mass is 19.1. The van der Waals surface area contributed by atoms with Crippen LogP contribution in [0.3, 0.4) is 0 Å². The van der Waals surface area contributed by atoms with Crippen LogP contribution in [-0.4, -0.2) is 20.1 Å². The minimum absolute atomic E-state index is 0.0909. The van der Waals surface area contributed by atoms with Gasteiger partial charge in [-0.3, -0.25) is 0 Å². The van der Waals surface area contributed by atoms with Gasteiger partial charge in [0, 0.05) is 19.6 Å². The second-order valence-electron chi connectivity index (χ2n) is 5.01. The topological polar surface area (TPSA) is 15.3 Å². The molecule has 0 saturated carbocycles. The summed E-state index contributed by atoms with van der Waals surface area (Å²) in [6.07, 6.45) is 2.43. The van der Waals surface area contributed by atoms with Crippen LogP contribution in [0.1, 0.15) is 25.3 Å². The minimum atomic E-state index is -0.0909. The number of halogens is 1. The predicted molar refractivity (Wildman–Crippen MR) is 69.8 cm³/mol. The lowest BCUT2D eigenvalue weighted by atomic mass is 9.99. The highest BCUT2D eigenvalue weighted by Gasteiger charge is 2.19. The fraction of sp³-hybridized carbons (Fsp3) is 0.571. The maximum atomic E-state index is 14.0. The molecule has 0 amide bonds. The van der Waals surface area contributed by atoms with E-state index in [4.69, 9.17) is 0 Å². The summed E-state index contributed by atoms with van der Waals surface area (Å²) in [6, 6.07) is 5.57. The molecule has 2 rings (SSSR count). The smallest absolute Gasteiger partial charge is 0.146 e. The molecule has 1 aromatic rings. The molecule has 17 heavy (non-hydrogen) atoms. The molecule has 0 spiro atoms. The van der Waals surface area contributed by atoms with Crippen molar-refractivity contribution in [3.8, 4) is 0 Å². The lowest BCUT2D eigenvalue weighted by Crippen LogP contribution is -2.34. The Hall–Kier alpha value is -1.09. The molecule has 0 bridgehead atoms. The van der Waals surface area contributed by atoms with E-state index < -0.39 is 0 Å². The van der Waals surface area contributed by atoms with Crippen LogP contribution in [0.5, 0.6) is 0 Å². The van der Waals surface area contributed by atoms with Crippen molar-refractivity contribution in [2.45, 2.75) is 26.3 Å². The van der Waals surface area contributed by atoms with Crippen molar-refractivity contribution in [1.29, 1.82) is 0 Å². The van der Waals surface area contributed by atoms with Gasteiger partial charge in [-0.15, -0.1) is 0 Å². The van der Waals surface area contributed by atoms with Crippen LogP contribution in [0.25, 0.3) is 0 Å². The summed E-state index contributed by atoms with van der Waals surface area (Å²) in [5.74, 6) is 0.576. The van der Waals surface area contributed by atoms with E-state index in [2.05, 4.69) is 17.1 Å². The number of anilines is 1. The van der Waals surface area contributed by atoms with E-state index in [0.29, 0.717) is 12.5 Å². The van der Waals surface area contributed by atoms with E-state index >= 15 is 0 Å². The summed E-state index contributed by atoms with van der Waals surface area (Å²) in [7, 11) is 1.87. The van der Waals surface area contributed by atoms with Gasteiger partial charge in [-0.2, -0.15) is 0 Å². The van der Waals surface area contributed by atoms with Crippen LogP contribution >= 0.6 is 0 Å². The van der Waals surface area contributed by atoms with Crippen molar-refractivity contribution in [3.05, 3.63) is 29.6 Å². The number of benzene rings is 1. The highest BCUT2D eigenvalue weighted by Crippen LogP contribution is 2.26. The first-order valence-corrected chi connectivity index (χ1v) is 6.38. The molecule has 1 aliphatic heterocycles. The van der Waals surface area contributed by atoms with E-state index in [0.717, 1.165) is 24.3 Å². The van der Waals surface area contributed by atoms with Crippen molar-refractivity contribution in [2.24, 2.45) is 5.92 Å². The van der Waals surface area contributed by atoms with Gasteiger partial charge >= 0.3 is 0 Å². The molecule has 1 atom stereocenters. The van der Waals surface area contributed by atoms with Crippen molar-refractivity contribution >= 4 is 5.69 Å². The van der Waals surface area contributed by atoms with Crippen LogP contribution < -0.4 is 10.2 Å². The molecule has 1 aromatic carbocycles. The van der Waals surface area contributed by atoms with Gasteiger partial charge in [-0.25, -0.2) is 4.39 Å². The zero-order chi connectivity index (χ0) is 12.3. The average molecular weight is 236 g/mol. The number of hydrogen-bond acceptors (Lipinski definition) is 2. The van der Waals surface area contributed by atoms with Gasteiger partial charge in [0.25, 0.3) is 0 Å². The van der Waals surface area contributed by atoms with Gasteiger partial charge in [0.1, 0.15) is 5.82 Å². The zero-order valence-electron chi connectivity index (χ0n) is 10.7. The summed E-state index contributed by atoms with van der Waals surface area (Å²) in [5.41, 5.74) is 1.76. The normalized spacial score (nSPS) is 20.6. The minimum Gasteiger partial charge on any atom is -0.369 e. The molecule has 2 nitrogen and oxygen atoms in total. The Morgan fingerprint density at radius 1 is 1.47 bits per heavy atom. The van der Waals surface area contributed by atoms with E-state index in [1.165, 1.54) is 12.8 Å². The SMILES string of the molecule is CNCc1ccc(N2CCCC(C)C2)c(F)c1. The Morgan fingerprint density at radius 3 is 2.94 bits per heavy atom. The van der Waals surface area contributed by atoms with Gasteiger partial charge in [-0.05, 0) is 43.5 Å². The van der Waals surface area contributed by atoms with Gasteiger partial charge in [-0.1, -0.05) is 13.0 Å². The Balaban J connectivity index is 2.15. The predicted octanol–water partition coefficient (Wildman–Crippen LogP) is 2.78. The van der Waals surface area contributed by atoms with Crippen molar-refractivity contribution in [1.82, 2.24) is 5.32 Å². The number of hydrogen-bond donors (Lipinski definition) is 1. The van der Waals surface area contributed by atoms with E-state index in [1.54, 1.807) is 6.07 Å². The summed E-state index contributed by atoms with van der Waals surface area (Å²) < 4.78 is 14.0. The van der Waals surface area contributed by atoms with E-state index in [-0.39, 0.29) is 5.82 Å². The third-order valence-corrected chi connectivity index (χ3v) is 3.39. The van der Waals surface area contributed by atoms with Crippen LogP contribution in [0.4, 0.5) is 10.1 Å². The van der Waals surface area contributed by atoms with Crippen molar-refractivity contribution < 1.29 is 4.39 Å². The molecule has 1 fully saturated rings. The molecular formula is C14H21FN2. The average Bonchev–Trinajstić information content (AvgIpc) is 2.29. The molecule has 1 saturated heterocycles. The van der Waals surface area contributed by atoms with Gasteiger partial charge < -0.3 is 10.2 Å². The number of piperidine rings is 1. The quantitative estimate of drug-likeness (QED) is 0.868. The maximum Gasteiger partial charge on any atom is 0.146 e. The Bertz CT molecular complexity index is 378. The lowest BCUT2D eigenvalue weighted by Gasteiger charge is -2.33. The number of rotatable bonds is 3. The molecule has 1 heterocycles. The molecule has 0 radical (unpaired) electrons. The van der Waals surface area contributed by atoms with Gasteiger partial charge in [0.2, 0.25) is 0 Å². The fourth-order valence-corrected chi connectivity index (χ4v) is 2.53. The first-order chi connectivity index (χ1) is 8.20. The Morgan fingerprint density at radius 2 is 2.29 bits per heavy atom. The second-order valence-corrected chi connectivity index (χ2v) is 5.01. The summed E-state index contributed by atoms with van der Waals surface area (Å²) >= 11 is 0. The van der Waals surface area contributed by atoms with E-state index in [9.17, 15) is 4.39 Å². The monoisotopic (exact) mass is 236 g/mol. The molecular weight excluding hydrogens is 215 g/mol.